The van der Waals surface area contributed by atoms with E-state index in [0.29, 0.717) is 17.1 Å². The van der Waals surface area contributed by atoms with Crippen molar-refractivity contribution in [3.05, 3.63) is 40.2 Å². The van der Waals surface area contributed by atoms with Crippen molar-refractivity contribution in [2.45, 2.75) is 13.8 Å². The lowest BCUT2D eigenvalue weighted by Crippen LogP contribution is -2.19. The fourth-order valence-corrected chi connectivity index (χ4v) is 1.42. The maximum atomic E-state index is 13.1. The van der Waals surface area contributed by atoms with Gasteiger partial charge in [-0.1, -0.05) is 29.8 Å². The highest BCUT2D eigenvalue weighted by molar-refractivity contribution is 6.32. The second-order valence-corrected chi connectivity index (χ2v) is 3.79. The molecule has 0 aliphatic heterocycles. The van der Waals surface area contributed by atoms with Crippen LogP contribution in [0.2, 0.25) is 5.02 Å². The van der Waals surface area contributed by atoms with E-state index < -0.39 is 0 Å². The smallest absolute Gasteiger partial charge is 0.217 e. The lowest BCUT2D eigenvalue weighted by molar-refractivity contribution is -0.118. The first kappa shape index (κ1) is 12.7. The van der Waals surface area contributed by atoms with Crippen LogP contribution in [0.3, 0.4) is 0 Å². The molecule has 0 spiro atoms. The highest BCUT2D eigenvalue weighted by atomic mass is 35.5. The summed E-state index contributed by atoms with van der Waals surface area (Å²) in [6.07, 6.45) is 3.52. The Morgan fingerprint density at radius 1 is 1.56 bits per heavy atom. The summed E-state index contributed by atoms with van der Waals surface area (Å²) in [6.45, 7) is 3.51. The number of carbonyl (C=O) groups is 1. The molecule has 0 aliphatic carbocycles. The van der Waals surface area contributed by atoms with Gasteiger partial charge in [-0.05, 0) is 18.6 Å². The minimum Gasteiger partial charge on any atom is -0.353 e. The number of amides is 1. The molecule has 0 bridgehead atoms. The summed E-state index contributed by atoms with van der Waals surface area (Å²) in [6, 6.07) is 2.98. The van der Waals surface area contributed by atoms with E-state index in [1.54, 1.807) is 25.1 Å². The van der Waals surface area contributed by atoms with Crippen molar-refractivity contribution in [1.29, 1.82) is 0 Å². The van der Waals surface area contributed by atoms with E-state index in [1.165, 1.54) is 13.0 Å². The molecule has 1 aromatic carbocycles. The molecule has 2 nitrogen and oxygen atoms in total. The molecular formula is C12H13ClFNO. The van der Waals surface area contributed by atoms with Crippen LogP contribution in [-0.2, 0) is 4.79 Å². The minimum absolute atomic E-state index is 0.0916. The van der Waals surface area contributed by atoms with Gasteiger partial charge in [0.1, 0.15) is 5.82 Å². The van der Waals surface area contributed by atoms with Gasteiger partial charge in [0.15, 0.2) is 0 Å². The van der Waals surface area contributed by atoms with Crippen LogP contribution >= 0.6 is 11.6 Å². The van der Waals surface area contributed by atoms with E-state index in [0.717, 1.165) is 5.56 Å². The van der Waals surface area contributed by atoms with Gasteiger partial charge in [-0.2, -0.15) is 0 Å². The van der Waals surface area contributed by atoms with Crippen molar-refractivity contribution < 1.29 is 9.18 Å². The summed E-state index contributed by atoms with van der Waals surface area (Å²) in [4.78, 5) is 10.6. The van der Waals surface area contributed by atoms with Crippen LogP contribution in [0.4, 0.5) is 4.39 Å². The summed E-state index contributed by atoms with van der Waals surface area (Å²) in [5, 5.41) is 3.02. The lowest BCUT2D eigenvalue weighted by Gasteiger charge is -2.03. The Hall–Kier alpha value is -1.35. The fraction of sp³-hybridized carbons (Fsp3) is 0.250. The molecule has 0 fully saturated rings. The number of nitrogens with one attached hydrogen (secondary N) is 1. The molecule has 1 amide bonds. The standard InChI is InChI=1S/C12H13ClFNO/c1-8-11(14)6-5-10(12(8)13)4-3-7-15-9(2)16/h3-6H,7H2,1-2H3,(H,15,16). The van der Waals surface area contributed by atoms with Crippen molar-refractivity contribution in [2.24, 2.45) is 0 Å². The monoisotopic (exact) mass is 241 g/mol. The first-order valence-corrected chi connectivity index (χ1v) is 5.25. The van der Waals surface area contributed by atoms with Gasteiger partial charge in [-0.25, -0.2) is 4.39 Å². The normalized spacial score (nSPS) is 10.8. The van der Waals surface area contributed by atoms with E-state index in [2.05, 4.69) is 5.32 Å². The molecule has 4 heteroatoms. The summed E-state index contributed by atoms with van der Waals surface area (Å²) >= 11 is 5.96. The number of rotatable bonds is 3. The van der Waals surface area contributed by atoms with Gasteiger partial charge in [-0.15, -0.1) is 0 Å². The van der Waals surface area contributed by atoms with E-state index in [9.17, 15) is 9.18 Å². The van der Waals surface area contributed by atoms with Crippen molar-refractivity contribution in [2.75, 3.05) is 6.54 Å². The van der Waals surface area contributed by atoms with E-state index >= 15 is 0 Å². The molecule has 16 heavy (non-hydrogen) atoms. The highest BCUT2D eigenvalue weighted by Crippen LogP contribution is 2.23. The average molecular weight is 242 g/mol. The minimum atomic E-state index is -0.316. The zero-order chi connectivity index (χ0) is 12.1. The topological polar surface area (TPSA) is 29.1 Å². The molecular weight excluding hydrogens is 229 g/mol. The number of hydrogen-bond donors (Lipinski definition) is 1. The number of hydrogen-bond acceptors (Lipinski definition) is 1. The summed E-state index contributed by atoms with van der Waals surface area (Å²) < 4.78 is 13.1. The lowest BCUT2D eigenvalue weighted by atomic mass is 10.1. The Morgan fingerprint density at radius 3 is 2.88 bits per heavy atom. The molecule has 0 saturated heterocycles. The van der Waals surface area contributed by atoms with Gasteiger partial charge in [0, 0.05) is 19.0 Å². The Morgan fingerprint density at radius 2 is 2.25 bits per heavy atom. The third-order valence-electron chi connectivity index (χ3n) is 2.12. The van der Waals surface area contributed by atoms with Gasteiger partial charge in [0.05, 0.1) is 5.02 Å². The highest BCUT2D eigenvalue weighted by Gasteiger charge is 2.04. The Bertz CT molecular complexity index is 429. The predicted octanol–water partition coefficient (Wildman–Crippen LogP) is 2.94. The maximum absolute atomic E-state index is 13.1. The molecule has 0 heterocycles. The van der Waals surface area contributed by atoms with Crippen LogP contribution in [0, 0.1) is 12.7 Å². The molecule has 1 N–H and O–H groups in total. The second kappa shape index (κ2) is 5.66. The fourth-order valence-electron chi connectivity index (χ4n) is 1.20. The van der Waals surface area contributed by atoms with Gasteiger partial charge in [0.2, 0.25) is 5.91 Å². The Balaban J connectivity index is 2.74. The molecule has 0 unspecified atom stereocenters. The number of halogens is 2. The molecule has 0 aliphatic rings. The average Bonchev–Trinajstić information content (AvgIpc) is 2.23. The SMILES string of the molecule is CC(=O)NCC=Cc1ccc(F)c(C)c1Cl. The van der Waals surface area contributed by atoms with Gasteiger partial charge < -0.3 is 5.32 Å². The first-order chi connectivity index (χ1) is 7.52. The molecule has 1 aromatic rings. The van der Waals surface area contributed by atoms with Crippen LogP contribution in [0.1, 0.15) is 18.1 Å². The Labute approximate surface area is 99.1 Å². The summed E-state index contributed by atoms with van der Waals surface area (Å²) in [5.74, 6) is -0.407. The van der Waals surface area contributed by atoms with Gasteiger partial charge >= 0.3 is 0 Å². The molecule has 1 rings (SSSR count). The van der Waals surface area contributed by atoms with Crippen molar-refractivity contribution >= 4 is 23.6 Å². The third-order valence-corrected chi connectivity index (χ3v) is 2.62. The van der Waals surface area contributed by atoms with Gasteiger partial charge in [0.25, 0.3) is 0 Å². The van der Waals surface area contributed by atoms with Crippen molar-refractivity contribution in [3.8, 4) is 0 Å². The number of carbonyl (C=O) groups excluding carboxylic acids is 1. The largest absolute Gasteiger partial charge is 0.353 e. The maximum Gasteiger partial charge on any atom is 0.217 e. The van der Waals surface area contributed by atoms with Crippen LogP contribution in [0.5, 0.6) is 0 Å². The van der Waals surface area contributed by atoms with Gasteiger partial charge in [-0.3, -0.25) is 4.79 Å². The van der Waals surface area contributed by atoms with Crippen LogP contribution in [-0.4, -0.2) is 12.5 Å². The van der Waals surface area contributed by atoms with E-state index in [4.69, 9.17) is 11.6 Å². The molecule has 0 saturated carbocycles. The van der Waals surface area contributed by atoms with Crippen LogP contribution in [0.15, 0.2) is 18.2 Å². The zero-order valence-electron chi connectivity index (χ0n) is 9.18. The second-order valence-electron chi connectivity index (χ2n) is 3.42. The van der Waals surface area contributed by atoms with Crippen molar-refractivity contribution in [1.82, 2.24) is 5.32 Å². The summed E-state index contributed by atoms with van der Waals surface area (Å²) in [7, 11) is 0. The summed E-state index contributed by atoms with van der Waals surface area (Å²) in [5.41, 5.74) is 1.18. The molecule has 0 aromatic heterocycles. The van der Waals surface area contributed by atoms with E-state index in [1.807, 2.05) is 0 Å². The number of benzene rings is 1. The zero-order valence-corrected chi connectivity index (χ0v) is 9.94. The molecule has 0 atom stereocenters. The quantitative estimate of drug-likeness (QED) is 0.866. The molecule has 0 radical (unpaired) electrons. The van der Waals surface area contributed by atoms with Crippen LogP contribution in [0.25, 0.3) is 6.08 Å². The third kappa shape index (κ3) is 3.35. The predicted molar refractivity (Wildman–Crippen MR) is 63.9 cm³/mol. The molecule has 86 valence electrons. The van der Waals surface area contributed by atoms with E-state index in [-0.39, 0.29) is 11.7 Å². The van der Waals surface area contributed by atoms with Crippen molar-refractivity contribution in [3.63, 3.8) is 0 Å². The Kier molecular flexibility index (Phi) is 4.50. The van der Waals surface area contributed by atoms with Crippen LogP contribution < -0.4 is 5.32 Å². The first-order valence-electron chi connectivity index (χ1n) is 4.88.